The SMILES string of the molecule is CC(C)(C)c1ccc(CSC(N)=NC[C@H]2CCCO2)cc1. The molecule has 1 atom stereocenters. The highest BCUT2D eigenvalue weighted by Gasteiger charge is 2.15. The van der Waals surface area contributed by atoms with Crippen LogP contribution in [0.4, 0.5) is 0 Å². The van der Waals surface area contributed by atoms with E-state index in [0.717, 1.165) is 25.2 Å². The summed E-state index contributed by atoms with van der Waals surface area (Å²) in [5.74, 6) is 0.866. The summed E-state index contributed by atoms with van der Waals surface area (Å²) in [6.07, 6.45) is 2.53. The van der Waals surface area contributed by atoms with E-state index in [1.165, 1.54) is 11.1 Å². The Morgan fingerprint density at radius 3 is 2.62 bits per heavy atom. The van der Waals surface area contributed by atoms with E-state index in [4.69, 9.17) is 10.5 Å². The lowest BCUT2D eigenvalue weighted by atomic mass is 9.87. The van der Waals surface area contributed by atoms with Crippen molar-refractivity contribution in [3.8, 4) is 0 Å². The van der Waals surface area contributed by atoms with Crippen LogP contribution in [0.25, 0.3) is 0 Å². The lowest BCUT2D eigenvalue weighted by Crippen LogP contribution is -2.14. The van der Waals surface area contributed by atoms with Gasteiger partial charge in [-0.05, 0) is 29.4 Å². The fourth-order valence-electron chi connectivity index (χ4n) is 2.28. The molecule has 0 unspecified atom stereocenters. The lowest BCUT2D eigenvalue weighted by molar-refractivity contribution is 0.118. The van der Waals surface area contributed by atoms with E-state index in [1.807, 2.05) is 0 Å². The summed E-state index contributed by atoms with van der Waals surface area (Å²) in [6, 6.07) is 8.77. The topological polar surface area (TPSA) is 47.6 Å². The van der Waals surface area contributed by atoms with Crippen LogP contribution in [0.15, 0.2) is 29.3 Å². The molecule has 0 aromatic heterocycles. The summed E-state index contributed by atoms with van der Waals surface area (Å²) in [6.45, 7) is 8.25. The molecule has 1 aromatic rings. The molecule has 0 radical (unpaired) electrons. The lowest BCUT2D eigenvalue weighted by Gasteiger charge is -2.19. The van der Waals surface area contributed by atoms with Gasteiger partial charge in [0.05, 0.1) is 12.6 Å². The molecule has 1 saturated heterocycles. The summed E-state index contributed by atoms with van der Waals surface area (Å²) in [5, 5.41) is 0.658. The molecule has 21 heavy (non-hydrogen) atoms. The quantitative estimate of drug-likeness (QED) is 0.681. The Morgan fingerprint density at radius 1 is 1.33 bits per heavy atom. The van der Waals surface area contributed by atoms with Crippen LogP contribution in [0.5, 0.6) is 0 Å². The Kier molecular flexibility index (Phi) is 5.71. The zero-order valence-corrected chi connectivity index (χ0v) is 14.1. The monoisotopic (exact) mass is 306 g/mol. The molecule has 1 aliphatic rings. The van der Waals surface area contributed by atoms with Gasteiger partial charge in [-0.15, -0.1) is 0 Å². The van der Waals surface area contributed by atoms with Crippen LogP contribution in [-0.2, 0) is 15.9 Å². The Labute approximate surface area is 132 Å². The summed E-state index contributed by atoms with van der Waals surface area (Å²) in [7, 11) is 0. The van der Waals surface area contributed by atoms with E-state index >= 15 is 0 Å². The van der Waals surface area contributed by atoms with E-state index in [9.17, 15) is 0 Å². The molecule has 3 nitrogen and oxygen atoms in total. The predicted octanol–water partition coefficient (Wildman–Crippen LogP) is 3.71. The van der Waals surface area contributed by atoms with Gasteiger partial charge in [-0.1, -0.05) is 56.8 Å². The van der Waals surface area contributed by atoms with Gasteiger partial charge in [0.25, 0.3) is 0 Å². The van der Waals surface area contributed by atoms with Gasteiger partial charge in [0.1, 0.15) is 0 Å². The van der Waals surface area contributed by atoms with Crippen LogP contribution < -0.4 is 5.73 Å². The average Bonchev–Trinajstić information content (AvgIpc) is 2.95. The number of nitrogens with two attached hydrogens (primary N) is 1. The Bertz CT molecular complexity index is 471. The standard InChI is InChI=1S/C17H26N2OS/c1-17(2,3)14-8-6-13(7-9-14)12-21-16(18)19-11-15-5-4-10-20-15/h6-9,15H,4-5,10-12H2,1-3H3,(H2,18,19)/t15-/m1/s1. The zero-order chi connectivity index (χ0) is 15.3. The largest absolute Gasteiger partial charge is 0.379 e. The van der Waals surface area contributed by atoms with Gasteiger partial charge in [-0.25, -0.2) is 0 Å². The van der Waals surface area contributed by atoms with Crippen LogP contribution in [0.3, 0.4) is 0 Å². The minimum absolute atomic E-state index is 0.202. The Hall–Kier alpha value is -1.00. The van der Waals surface area contributed by atoms with Crippen LogP contribution in [-0.4, -0.2) is 24.4 Å². The molecule has 2 N–H and O–H groups in total. The van der Waals surface area contributed by atoms with Gasteiger partial charge >= 0.3 is 0 Å². The molecule has 0 spiro atoms. The molecule has 116 valence electrons. The third-order valence-electron chi connectivity index (χ3n) is 3.68. The highest BCUT2D eigenvalue weighted by Crippen LogP contribution is 2.23. The van der Waals surface area contributed by atoms with E-state index < -0.39 is 0 Å². The number of thioether (sulfide) groups is 1. The number of ether oxygens (including phenoxy) is 1. The summed E-state index contributed by atoms with van der Waals surface area (Å²) in [5.41, 5.74) is 8.80. The molecule has 1 aromatic carbocycles. The fraction of sp³-hybridized carbons (Fsp3) is 0.588. The predicted molar refractivity (Wildman–Crippen MR) is 91.9 cm³/mol. The van der Waals surface area contributed by atoms with Crippen LogP contribution in [0.1, 0.15) is 44.7 Å². The number of rotatable bonds is 4. The number of amidine groups is 1. The maximum absolute atomic E-state index is 5.96. The number of aliphatic imine (C=N–C) groups is 1. The molecular weight excluding hydrogens is 280 g/mol. The molecule has 4 heteroatoms. The maximum Gasteiger partial charge on any atom is 0.154 e. The minimum Gasteiger partial charge on any atom is -0.379 e. The number of hydrogen-bond acceptors (Lipinski definition) is 3. The molecule has 2 rings (SSSR count). The van der Waals surface area contributed by atoms with Crippen LogP contribution in [0, 0.1) is 0 Å². The van der Waals surface area contributed by atoms with Gasteiger partial charge in [-0.2, -0.15) is 0 Å². The van der Waals surface area contributed by atoms with Crippen LogP contribution >= 0.6 is 11.8 Å². The Balaban J connectivity index is 1.80. The summed E-state index contributed by atoms with van der Waals surface area (Å²) in [4.78, 5) is 4.41. The first-order chi connectivity index (χ1) is 9.95. The van der Waals surface area contributed by atoms with Gasteiger partial charge in [0.15, 0.2) is 5.17 Å². The zero-order valence-electron chi connectivity index (χ0n) is 13.3. The second-order valence-electron chi connectivity index (χ2n) is 6.55. The first kappa shape index (κ1) is 16.4. The van der Waals surface area contributed by atoms with Crippen molar-refractivity contribution in [2.45, 2.75) is 50.9 Å². The molecule has 1 aliphatic heterocycles. The molecule has 1 fully saturated rings. The van der Waals surface area contributed by atoms with E-state index in [2.05, 4.69) is 50.0 Å². The number of nitrogens with zero attached hydrogens (tertiary/aromatic N) is 1. The molecule has 1 heterocycles. The van der Waals surface area contributed by atoms with Crippen molar-refractivity contribution in [3.63, 3.8) is 0 Å². The summed E-state index contributed by atoms with van der Waals surface area (Å²) >= 11 is 1.60. The number of hydrogen-bond donors (Lipinski definition) is 1. The van der Waals surface area contributed by atoms with Gasteiger partial charge in [0, 0.05) is 12.4 Å². The second kappa shape index (κ2) is 7.32. The Morgan fingerprint density at radius 2 is 2.05 bits per heavy atom. The van der Waals surface area contributed by atoms with Crippen molar-refractivity contribution in [3.05, 3.63) is 35.4 Å². The minimum atomic E-state index is 0.202. The van der Waals surface area contributed by atoms with Gasteiger partial charge in [0.2, 0.25) is 0 Å². The van der Waals surface area contributed by atoms with Crippen molar-refractivity contribution in [2.75, 3.05) is 13.2 Å². The van der Waals surface area contributed by atoms with Crippen molar-refractivity contribution >= 4 is 16.9 Å². The molecular formula is C17H26N2OS. The third-order valence-corrected chi connectivity index (χ3v) is 4.58. The van der Waals surface area contributed by atoms with Crippen molar-refractivity contribution < 1.29 is 4.74 Å². The first-order valence-electron chi connectivity index (χ1n) is 7.59. The fourth-order valence-corrected chi connectivity index (χ4v) is 2.96. The highest BCUT2D eigenvalue weighted by atomic mass is 32.2. The normalized spacial score (nSPS) is 20.0. The van der Waals surface area contributed by atoms with Crippen molar-refractivity contribution in [1.82, 2.24) is 0 Å². The molecule has 0 bridgehead atoms. The maximum atomic E-state index is 5.96. The third kappa shape index (κ3) is 5.36. The van der Waals surface area contributed by atoms with Crippen molar-refractivity contribution in [1.29, 1.82) is 0 Å². The average molecular weight is 306 g/mol. The highest BCUT2D eigenvalue weighted by molar-refractivity contribution is 8.13. The summed E-state index contributed by atoms with van der Waals surface area (Å²) < 4.78 is 5.54. The van der Waals surface area contributed by atoms with Crippen LogP contribution in [0.2, 0.25) is 0 Å². The second-order valence-corrected chi connectivity index (χ2v) is 7.55. The smallest absolute Gasteiger partial charge is 0.154 e. The number of benzene rings is 1. The van der Waals surface area contributed by atoms with E-state index in [1.54, 1.807) is 11.8 Å². The molecule has 0 aliphatic carbocycles. The molecule has 0 saturated carbocycles. The van der Waals surface area contributed by atoms with E-state index in [-0.39, 0.29) is 11.5 Å². The van der Waals surface area contributed by atoms with Gasteiger partial charge < -0.3 is 10.5 Å². The van der Waals surface area contributed by atoms with Gasteiger partial charge in [-0.3, -0.25) is 4.99 Å². The van der Waals surface area contributed by atoms with Crippen molar-refractivity contribution in [2.24, 2.45) is 10.7 Å². The van der Waals surface area contributed by atoms with E-state index in [0.29, 0.717) is 11.7 Å². The molecule has 0 amide bonds. The first-order valence-corrected chi connectivity index (χ1v) is 8.57.